The summed E-state index contributed by atoms with van der Waals surface area (Å²) in [6, 6.07) is 12.5. The number of benzene rings is 2. The van der Waals surface area contributed by atoms with E-state index in [1.54, 1.807) is 29.2 Å². The molecule has 0 bridgehead atoms. The van der Waals surface area contributed by atoms with Gasteiger partial charge in [-0.3, -0.25) is 9.59 Å². The van der Waals surface area contributed by atoms with Crippen molar-refractivity contribution >= 4 is 21.8 Å². The summed E-state index contributed by atoms with van der Waals surface area (Å²) >= 11 is 0. The predicted octanol–water partition coefficient (Wildman–Crippen LogP) is 2.92. The number of amides is 2. The third-order valence-corrected chi connectivity index (χ3v) is 8.92. The molecule has 9 heteroatoms. The maximum atomic E-state index is 13.4. The number of rotatable bonds is 6. The average molecular weight is 488 g/mol. The summed E-state index contributed by atoms with van der Waals surface area (Å²) in [6.45, 7) is 3.01. The molecule has 0 aromatic heterocycles. The van der Waals surface area contributed by atoms with E-state index in [0.29, 0.717) is 19.6 Å². The second-order valence-corrected chi connectivity index (χ2v) is 11.1. The van der Waals surface area contributed by atoms with Gasteiger partial charge in [-0.25, -0.2) is 12.8 Å². The molecule has 0 radical (unpaired) electrons. The van der Waals surface area contributed by atoms with Crippen LogP contribution in [-0.2, 0) is 20.2 Å². The third-order valence-electron chi connectivity index (χ3n) is 7.02. The Bertz CT molecular complexity index is 1150. The minimum absolute atomic E-state index is 0.0607. The first-order valence-corrected chi connectivity index (χ1v) is 13.1. The molecule has 1 aliphatic carbocycles. The molecule has 4 rings (SSSR count). The molecule has 1 saturated heterocycles. The lowest BCUT2D eigenvalue weighted by atomic mass is 9.78. The highest BCUT2D eigenvalue weighted by molar-refractivity contribution is 7.89. The smallest absolute Gasteiger partial charge is 0.251 e. The van der Waals surface area contributed by atoms with Crippen molar-refractivity contribution in [1.82, 2.24) is 14.5 Å². The van der Waals surface area contributed by atoms with Crippen molar-refractivity contribution in [3.8, 4) is 0 Å². The molecule has 2 fully saturated rings. The topological polar surface area (TPSA) is 86.8 Å². The van der Waals surface area contributed by atoms with Crippen LogP contribution in [0.4, 0.5) is 4.39 Å². The van der Waals surface area contributed by atoms with Gasteiger partial charge in [-0.2, -0.15) is 4.31 Å². The van der Waals surface area contributed by atoms with Crippen LogP contribution in [0, 0.1) is 5.82 Å². The maximum absolute atomic E-state index is 13.4. The Balaban J connectivity index is 1.46. The van der Waals surface area contributed by atoms with Gasteiger partial charge >= 0.3 is 0 Å². The van der Waals surface area contributed by atoms with Crippen LogP contribution in [0.2, 0.25) is 0 Å². The molecule has 0 unspecified atom stereocenters. The van der Waals surface area contributed by atoms with Crippen LogP contribution in [0.15, 0.2) is 53.4 Å². The first-order valence-electron chi connectivity index (χ1n) is 11.6. The van der Waals surface area contributed by atoms with E-state index in [9.17, 15) is 22.4 Å². The largest absolute Gasteiger partial charge is 0.351 e. The zero-order valence-corrected chi connectivity index (χ0v) is 20.1. The Kier molecular flexibility index (Phi) is 7.04. The van der Waals surface area contributed by atoms with Gasteiger partial charge in [0.1, 0.15) is 5.82 Å². The van der Waals surface area contributed by atoms with Gasteiger partial charge in [0.25, 0.3) is 5.91 Å². The number of hydrogen-bond acceptors (Lipinski definition) is 4. The van der Waals surface area contributed by atoms with Crippen LogP contribution in [0.25, 0.3) is 0 Å². The minimum atomic E-state index is -3.78. The zero-order chi connectivity index (χ0) is 24.3. The summed E-state index contributed by atoms with van der Waals surface area (Å²) in [6.07, 6.45) is 3.88. The molecule has 7 nitrogen and oxygen atoms in total. The number of piperazine rings is 1. The molecular weight excluding hydrogens is 457 g/mol. The van der Waals surface area contributed by atoms with Crippen molar-refractivity contribution in [3.63, 3.8) is 0 Å². The highest BCUT2D eigenvalue weighted by Crippen LogP contribution is 2.40. The molecule has 2 aromatic carbocycles. The Labute approximate surface area is 200 Å². The van der Waals surface area contributed by atoms with E-state index in [-0.39, 0.29) is 46.6 Å². The molecule has 2 amide bonds. The molecule has 1 heterocycles. The molecule has 2 aromatic rings. The number of halogens is 1. The molecule has 1 saturated carbocycles. The highest BCUT2D eigenvalue weighted by Gasteiger charge is 2.36. The first kappa shape index (κ1) is 24.3. The predicted molar refractivity (Wildman–Crippen MR) is 126 cm³/mol. The molecule has 0 atom stereocenters. The lowest BCUT2D eigenvalue weighted by Gasteiger charge is -2.33. The second kappa shape index (κ2) is 9.84. The first-order chi connectivity index (χ1) is 16.2. The summed E-state index contributed by atoms with van der Waals surface area (Å²) in [4.78, 5) is 26.2. The summed E-state index contributed by atoms with van der Waals surface area (Å²) in [5, 5.41) is 2.99. The van der Waals surface area contributed by atoms with Gasteiger partial charge in [0, 0.05) is 50.6 Å². The van der Waals surface area contributed by atoms with Crippen molar-refractivity contribution in [2.24, 2.45) is 0 Å². The second-order valence-electron chi connectivity index (χ2n) is 9.11. The average Bonchev–Trinajstić information content (AvgIpc) is 3.33. The Morgan fingerprint density at radius 3 is 2.26 bits per heavy atom. The van der Waals surface area contributed by atoms with Crippen molar-refractivity contribution in [3.05, 3.63) is 65.5 Å². The lowest BCUT2D eigenvalue weighted by molar-refractivity contribution is -0.129. The molecule has 1 N–H and O–H groups in total. The fraction of sp³-hybridized carbons (Fsp3) is 0.440. The van der Waals surface area contributed by atoms with Crippen LogP contribution in [0.1, 0.15) is 48.5 Å². The van der Waals surface area contributed by atoms with Crippen molar-refractivity contribution in [2.45, 2.75) is 42.9 Å². The van der Waals surface area contributed by atoms with Gasteiger partial charge in [0.15, 0.2) is 0 Å². The standard InChI is InChI=1S/C25H30FN3O4S/c1-19(30)28-13-15-29(16-14-28)34(32,33)23-6-4-5-20(17-23)24(31)27-18-25(11-2-3-12-25)21-7-9-22(26)10-8-21/h4-10,17H,2-3,11-16,18H2,1H3,(H,27,31). The summed E-state index contributed by atoms with van der Waals surface area (Å²) in [7, 11) is -3.78. The molecule has 182 valence electrons. The Morgan fingerprint density at radius 2 is 1.65 bits per heavy atom. The summed E-state index contributed by atoms with van der Waals surface area (Å²) in [5.41, 5.74) is 1.03. The van der Waals surface area contributed by atoms with Gasteiger partial charge in [-0.15, -0.1) is 0 Å². The van der Waals surface area contributed by atoms with E-state index in [1.165, 1.54) is 35.5 Å². The van der Waals surface area contributed by atoms with Gasteiger partial charge < -0.3 is 10.2 Å². The van der Waals surface area contributed by atoms with Gasteiger partial charge in [0.2, 0.25) is 15.9 Å². The molecule has 1 aliphatic heterocycles. The molecule has 0 spiro atoms. The number of carbonyl (C=O) groups excluding carboxylic acids is 2. The van der Waals surface area contributed by atoms with Crippen molar-refractivity contribution in [1.29, 1.82) is 0 Å². The van der Waals surface area contributed by atoms with Crippen molar-refractivity contribution < 1.29 is 22.4 Å². The van der Waals surface area contributed by atoms with Crippen molar-refractivity contribution in [2.75, 3.05) is 32.7 Å². The van der Waals surface area contributed by atoms with Gasteiger partial charge in [-0.1, -0.05) is 31.0 Å². The fourth-order valence-electron chi connectivity index (χ4n) is 4.96. The van der Waals surface area contributed by atoms with E-state index < -0.39 is 10.0 Å². The minimum Gasteiger partial charge on any atom is -0.351 e. The molecule has 2 aliphatic rings. The van der Waals surface area contributed by atoms with E-state index in [0.717, 1.165) is 31.2 Å². The Hall–Kier alpha value is -2.78. The van der Waals surface area contributed by atoms with E-state index >= 15 is 0 Å². The third kappa shape index (κ3) is 5.00. The SMILES string of the molecule is CC(=O)N1CCN(S(=O)(=O)c2cccc(C(=O)NCC3(c4ccc(F)cc4)CCCC3)c2)CC1. The molecular formula is C25H30FN3O4S. The fourth-order valence-corrected chi connectivity index (χ4v) is 6.43. The van der Waals surface area contributed by atoms with Crippen LogP contribution in [0.3, 0.4) is 0 Å². The number of nitrogens with zero attached hydrogens (tertiary/aromatic N) is 2. The number of hydrogen-bond donors (Lipinski definition) is 1. The monoisotopic (exact) mass is 487 g/mol. The summed E-state index contributed by atoms with van der Waals surface area (Å²) in [5.74, 6) is -0.704. The molecule has 34 heavy (non-hydrogen) atoms. The number of carbonyl (C=O) groups is 2. The lowest BCUT2D eigenvalue weighted by Crippen LogP contribution is -2.49. The van der Waals surface area contributed by atoms with Crippen LogP contribution in [-0.4, -0.2) is 62.2 Å². The van der Waals surface area contributed by atoms with Gasteiger partial charge in [0.05, 0.1) is 4.90 Å². The van der Waals surface area contributed by atoms with Gasteiger partial charge in [-0.05, 0) is 48.7 Å². The Morgan fingerprint density at radius 1 is 1.00 bits per heavy atom. The zero-order valence-electron chi connectivity index (χ0n) is 19.3. The van der Waals surface area contributed by atoms with Crippen LogP contribution in [0.5, 0.6) is 0 Å². The van der Waals surface area contributed by atoms with E-state index in [4.69, 9.17) is 0 Å². The van der Waals surface area contributed by atoms with E-state index in [1.807, 2.05) is 0 Å². The van der Waals surface area contributed by atoms with E-state index in [2.05, 4.69) is 5.32 Å². The summed E-state index contributed by atoms with van der Waals surface area (Å²) < 4.78 is 41.0. The van der Waals surface area contributed by atoms with Crippen LogP contribution < -0.4 is 5.32 Å². The number of nitrogens with one attached hydrogen (secondary N) is 1. The quantitative estimate of drug-likeness (QED) is 0.679. The van der Waals surface area contributed by atoms with Crippen LogP contribution >= 0.6 is 0 Å². The normalized spacial score (nSPS) is 18.6. The number of sulfonamides is 1. The maximum Gasteiger partial charge on any atom is 0.251 e. The highest BCUT2D eigenvalue weighted by atomic mass is 32.2.